The fourth-order valence-electron chi connectivity index (χ4n) is 1.62. The Morgan fingerprint density at radius 3 is 2.61 bits per heavy atom. The number of hydrogen-bond acceptors (Lipinski definition) is 2. The molecule has 0 aromatic heterocycles. The van der Waals surface area contributed by atoms with Crippen LogP contribution in [-0.4, -0.2) is 6.18 Å². The van der Waals surface area contributed by atoms with E-state index in [0.717, 1.165) is 13.6 Å². The minimum absolute atomic E-state index is 0.0519. The summed E-state index contributed by atoms with van der Waals surface area (Å²) in [5, 5.41) is 0. The summed E-state index contributed by atoms with van der Waals surface area (Å²) in [4.78, 5) is 0. The van der Waals surface area contributed by atoms with Gasteiger partial charge < -0.3 is 0 Å². The van der Waals surface area contributed by atoms with Crippen LogP contribution in [0.25, 0.3) is 0 Å². The van der Waals surface area contributed by atoms with Crippen molar-refractivity contribution in [2.75, 3.05) is 0 Å². The molecule has 0 heterocycles. The zero-order valence-corrected chi connectivity index (χ0v) is 13.1. The van der Waals surface area contributed by atoms with E-state index in [2.05, 4.69) is 43.9 Å². The number of hydrazine groups is 1. The van der Waals surface area contributed by atoms with Crippen LogP contribution in [0.2, 0.25) is 0 Å². The largest absolute Gasteiger partial charge is 0.389 e. The molecular formula is C11H13BrF3IN2. The summed E-state index contributed by atoms with van der Waals surface area (Å²) < 4.78 is 38.1. The van der Waals surface area contributed by atoms with Gasteiger partial charge in [0, 0.05) is 20.5 Å². The summed E-state index contributed by atoms with van der Waals surface area (Å²) in [7, 11) is 0. The molecule has 0 amide bonds. The number of nitrogens with two attached hydrogens (primary N) is 1. The molecule has 1 aromatic rings. The van der Waals surface area contributed by atoms with E-state index in [1.54, 1.807) is 0 Å². The van der Waals surface area contributed by atoms with Gasteiger partial charge in [-0.3, -0.25) is 11.3 Å². The molecule has 0 aliphatic rings. The van der Waals surface area contributed by atoms with Crippen LogP contribution in [0.4, 0.5) is 13.2 Å². The molecule has 1 aromatic carbocycles. The maximum Gasteiger partial charge on any atom is 0.389 e. The van der Waals surface area contributed by atoms with E-state index < -0.39 is 12.6 Å². The number of halogens is 5. The van der Waals surface area contributed by atoms with Crippen molar-refractivity contribution in [1.82, 2.24) is 5.43 Å². The normalized spacial score (nSPS) is 13.7. The fraction of sp³-hybridized carbons (Fsp3) is 0.455. The molecule has 2 nitrogen and oxygen atoms in total. The van der Waals surface area contributed by atoms with E-state index in [0.29, 0.717) is 6.42 Å². The van der Waals surface area contributed by atoms with Gasteiger partial charge in [0.2, 0.25) is 0 Å². The fourth-order valence-corrected chi connectivity index (χ4v) is 2.66. The maximum atomic E-state index is 12.1. The Kier molecular flexibility index (Phi) is 6.36. The van der Waals surface area contributed by atoms with Crippen LogP contribution in [0.15, 0.2) is 22.7 Å². The van der Waals surface area contributed by atoms with Crippen molar-refractivity contribution in [1.29, 1.82) is 0 Å². The van der Waals surface area contributed by atoms with E-state index in [1.165, 1.54) is 0 Å². The van der Waals surface area contributed by atoms with Gasteiger partial charge in [-0.2, -0.15) is 13.2 Å². The molecular weight excluding hydrogens is 424 g/mol. The molecule has 0 fully saturated rings. The molecule has 0 aliphatic carbocycles. The number of nitrogens with one attached hydrogen (secondary N) is 1. The molecule has 1 unspecified atom stereocenters. The summed E-state index contributed by atoms with van der Waals surface area (Å²) in [6.45, 7) is 0. The van der Waals surface area contributed by atoms with E-state index in [1.807, 2.05) is 18.2 Å². The molecule has 0 saturated carbocycles. The Labute approximate surface area is 126 Å². The monoisotopic (exact) mass is 436 g/mol. The Morgan fingerprint density at radius 1 is 1.39 bits per heavy atom. The predicted molar refractivity (Wildman–Crippen MR) is 76.8 cm³/mol. The Hall–Kier alpha value is 0.140. The van der Waals surface area contributed by atoms with Crippen molar-refractivity contribution in [3.05, 3.63) is 31.8 Å². The van der Waals surface area contributed by atoms with Gasteiger partial charge in [0.05, 0.1) is 0 Å². The molecule has 102 valence electrons. The first-order chi connectivity index (χ1) is 8.33. The van der Waals surface area contributed by atoms with Crippen LogP contribution in [0.5, 0.6) is 0 Å². The van der Waals surface area contributed by atoms with Crippen molar-refractivity contribution in [3.8, 4) is 0 Å². The number of hydrogen-bond donors (Lipinski definition) is 2. The topological polar surface area (TPSA) is 38.0 Å². The van der Waals surface area contributed by atoms with Crippen LogP contribution in [0.1, 0.15) is 30.9 Å². The third-order valence-electron chi connectivity index (χ3n) is 2.49. The highest BCUT2D eigenvalue weighted by molar-refractivity contribution is 14.1. The SMILES string of the molecule is NNC(CCCC(F)(F)F)c1cc(I)ccc1Br. The second kappa shape index (κ2) is 7.06. The first-order valence-electron chi connectivity index (χ1n) is 5.31. The molecule has 0 saturated heterocycles. The van der Waals surface area contributed by atoms with Crippen LogP contribution < -0.4 is 11.3 Å². The van der Waals surface area contributed by atoms with Gasteiger partial charge >= 0.3 is 6.18 Å². The lowest BCUT2D eigenvalue weighted by molar-refractivity contribution is -0.135. The molecule has 0 bridgehead atoms. The average molecular weight is 437 g/mol. The molecule has 0 aliphatic heterocycles. The van der Waals surface area contributed by atoms with Gasteiger partial charge in [-0.15, -0.1) is 0 Å². The maximum absolute atomic E-state index is 12.1. The highest BCUT2D eigenvalue weighted by Crippen LogP contribution is 2.30. The van der Waals surface area contributed by atoms with Crippen molar-refractivity contribution in [2.24, 2.45) is 5.84 Å². The number of rotatable bonds is 5. The van der Waals surface area contributed by atoms with Crippen molar-refractivity contribution in [3.63, 3.8) is 0 Å². The third-order valence-corrected chi connectivity index (χ3v) is 3.88. The molecule has 3 N–H and O–H groups in total. The summed E-state index contributed by atoms with van der Waals surface area (Å²) in [6, 6.07) is 5.40. The van der Waals surface area contributed by atoms with Crippen LogP contribution in [0.3, 0.4) is 0 Å². The smallest absolute Gasteiger partial charge is 0.271 e. The lowest BCUT2D eigenvalue weighted by Crippen LogP contribution is -2.28. The van der Waals surface area contributed by atoms with Crippen LogP contribution in [-0.2, 0) is 0 Å². The first-order valence-corrected chi connectivity index (χ1v) is 7.18. The first kappa shape index (κ1) is 16.2. The Bertz CT molecular complexity index is 398. The lowest BCUT2D eigenvalue weighted by Gasteiger charge is -2.18. The van der Waals surface area contributed by atoms with Gasteiger partial charge in [-0.05, 0) is 59.2 Å². The van der Waals surface area contributed by atoms with Crippen molar-refractivity contribution in [2.45, 2.75) is 31.5 Å². The van der Waals surface area contributed by atoms with Gasteiger partial charge in [0.15, 0.2) is 0 Å². The highest BCUT2D eigenvalue weighted by Gasteiger charge is 2.27. The summed E-state index contributed by atoms with van der Waals surface area (Å²) in [5.41, 5.74) is 3.45. The number of alkyl halides is 3. The second-order valence-corrected chi connectivity index (χ2v) is 5.99. The third kappa shape index (κ3) is 5.41. The summed E-state index contributed by atoms with van der Waals surface area (Å²) in [6.07, 6.45) is -4.50. The van der Waals surface area contributed by atoms with Crippen molar-refractivity contribution >= 4 is 38.5 Å². The van der Waals surface area contributed by atoms with Crippen LogP contribution >= 0.6 is 38.5 Å². The summed E-state index contributed by atoms with van der Waals surface area (Å²) >= 11 is 5.54. The van der Waals surface area contributed by atoms with E-state index >= 15 is 0 Å². The Balaban J connectivity index is 2.68. The average Bonchev–Trinajstić information content (AvgIpc) is 2.27. The van der Waals surface area contributed by atoms with Gasteiger partial charge in [-0.1, -0.05) is 15.9 Å². The van der Waals surface area contributed by atoms with Gasteiger partial charge in [-0.25, -0.2) is 0 Å². The minimum atomic E-state index is -4.11. The van der Waals surface area contributed by atoms with Crippen molar-refractivity contribution < 1.29 is 13.2 Å². The lowest BCUT2D eigenvalue weighted by atomic mass is 10.0. The zero-order chi connectivity index (χ0) is 13.8. The number of benzene rings is 1. The quantitative estimate of drug-likeness (QED) is 0.410. The Morgan fingerprint density at radius 2 is 2.06 bits per heavy atom. The van der Waals surface area contributed by atoms with Crippen LogP contribution in [0, 0.1) is 3.57 Å². The van der Waals surface area contributed by atoms with E-state index in [4.69, 9.17) is 5.84 Å². The zero-order valence-electron chi connectivity index (χ0n) is 9.40. The highest BCUT2D eigenvalue weighted by atomic mass is 127. The second-order valence-electron chi connectivity index (χ2n) is 3.89. The molecule has 18 heavy (non-hydrogen) atoms. The van der Waals surface area contributed by atoms with Gasteiger partial charge in [0.25, 0.3) is 0 Å². The van der Waals surface area contributed by atoms with E-state index in [-0.39, 0.29) is 12.5 Å². The van der Waals surface area contributed by atoms with E-state index in [9.17, 15) is 13.2 Å². The molecule has 0 spiro atoms. The molecule has 1 atom stereocenters. The summed E-state index contributed by atoms with van der Waals surface area (Å²) in [5.74, 6) is 5.42. The standard InChI is InChI=1S/C11H13BrF3IN2/c12-9-4-3-7(16)6-8(9)10(18-17)2-1-5-11(13,14)15/h3-4,6,10,18H,1-2,5,17H2. The predicted octanol–water partition coefficient (Wildman–Crippen LogP) is 4.29. The molecule has 0 radical (unpaired) electrons. The van der Waals surface area contributed by atoms with Gasteiger partial charge in [0.1, 0.15) is 0 Å². The minimum Gasteiger partial charge on any atom is -0.271 e. The molecule has 7 heteroatoms. The molecule has 1 rings (SSSR count).